The molecule has 1 aliphatic rings. The summed E-state index contributed by atoms with van der Waals surface area (Å²) in [6.07, 6.45) is 7.85. The van der Waals surface area contributed by atoms with Gasteiger partial charge in [0.1, 0.15) is 12.1 Å². The molecule has 0 bridgehead atoms. The van der Waals surface area contributed by atoms with Crippen molar-refractivity contribution in [2.24, 2.45) is 5.92 Å². The van der Waals surface area contributed by atoms with E-state index in [0.717, 1.165) is 12.0 Å². The van der Waals surface area contributed by atoms with Crippen molar-refractivity contribution in [2.75, 3.05) is 25.1 Å². The number of nitrogens with one attached hydrogen (secondary N) is 3. The topological polar surface area (TPSA) is 128 Å². The lowest BCUT2D eigenvalue weighted by molar-refractivity contribution is -0.142. The Hall–Kier alpha value is -2.85. The van der Waals surface area contributed by atoms with Gasteiger partial charge in [0.15, 0.2) is 0 Å². The highest BCUT2D eigenvalue weighted by atomic mass is 32.2. The molecule has 1 fully saturated rings. The largest absolute Gasteiger partial charge is 0.480 e. The lowest BCUT2D eigenvalue weighted by Crippen LogP contribution is -2.56. The fourth-order valence-corrected chi connectivity index (χ4v) is 4.50. The maximum Gasteiger partial charge on any atom is 0.326 e. The number of carbonyl (C=O) groups is 4. The Morgan fingerprint density at radius 2 is 1.97 bits per heavy atom. The monoisotopic (exact) mass is 532 g/mol. The van der Waals surface area contributed by atoms with Crippen molar-refractivity contribution in [3.8, 4) is 0 Å². The molecular weight excluding hydrogens is 492 g/mol. The first-order chi connectivity index (χ1) is 17.7. The Bertz CT molecular complexity index is 927. The molecule has 1 aliphatic heterocycles. The van der Waals surface area contributed by atoms with Crippen LogP contribution in [0.3, 0.4) is 0 Å². The van der Waals surface area contributed by atoms with E-state index in [4.69, 9.17) is 0 Å². The highest BCUT2D eigenvalue weighted by Crippen LogP contribution is 2.16. The van der Waals surface area contributed by atoms with Crippen LogP contribution >= 0.6 is 11.8 Å². The van der Waals surface area contributed by atoms with Crippen LogP contribution in [-0.2, 0) is 19.2 Å². The molecule has 4 N–H and O–H groups in total. The SMILES string of the molecule is CC[C@H](C)CC(NC(=O)[C@@H]1CCC(=O)N1)N(CC=Cc1ccccc1)CC(=O)N[C@@H](CCSC)C(=O)O. The molecule has 2 rings (SSSR count). The van der Waals surface area contributed by atoms with Crippen molar-refractivity contribution in [3.05, 3.63) is 42.0 Å². The van der Waals surface area contributed by atoms with Gasteiger partial charge in [-0.25, -0.2) is 4.79 Å². The molecule has 0 spiro atoms. The lowest BCUT2D eigenvalue weighted by atomic mass is 10.0. The first-order valence-corrected chi connectivity index (χ1v) is 14.2. The average Bonchev–Trinajstić information content (AvgIpc) is 3.32. The van der Waals surface area contributed by atoms with Gasteiger partial charge < -0.3 is 21.1 Å². The Morgan fingerprint density at radius 3 is 2.57 bits per heavy atom. The summed E-state index contributed by atoms with van der Waals surface area (Å²) < 4.78 is 0. The zero-order valence-electron chi connectivity index (χ0n) is 21.9. The van der Waals surface area contributed by atoms with Crippen molar-refractivity contribution in [2.45, 2.75) is 64.2 Å². The molecule has 10 heteroatoms. The van der Waals surface area contributed by atoms with Gasteiger partial charge in [-0.2, -0.15) is 11.8 Å². The summed E-state index contributed by atoms with van der Waals surface area (Å²) in [5.74, 6) is -1.04. The van der Waals surface area contributed by atoms with E-state index in [1.807, 2.05) is 53.6 Å². The average molecular weight is 533 g/mol. The summed E-state index contributed by atoms with van der Waals surface area (Å²) in [5, 5.41) is 17.9. The Labute approximate surface area is 223 Å². The van der Waals surface area contributed by atoms with Crippen LogP contribution in [0.2, 0.25) is 0 Å². The third-order valence-electron chi connectivity index (χ3n) is 6.42. The van der Waals surface area contributed by atoms with Crippen LogP contribution in [0.4, 0.5) is 0 Å². The maximum absolute atomic E-state index is 13.0. The van der Waals surface area contributed by atoms with Crippen LogP contribution < -0.4 is 16.0 Å². The Morgan fingerprint density at radius 1 is 1.24 bits per heavy atom. The molecule has 1 heterocycles. The summed E-state index contributed by atoms with van der Waals surface area (Å²) in [5.41, 5.74) is 1.01. The number of rotatable bonds is 16. The molecule has 1 unspecified atom stereocenters. The van der Waals surface area contributed by atoms with Crippen molar-refractivity contribution < 1.29 is 24.3 Å². The van der Waals surface area contributed by atoms with E-state index < -0.39 is 30.1 Å². The van der Waals surface area contributed by atoms with E-state index in [9.17, 15) is 24.3 Å². The van der Waals surface area contributed by atoms with Crippen LogP contribution in [0.25, 0.3) is 6.08 Å². The minimum atomic E-state index is -1.07. The van der Waals surface area contributed by atoms with Crippen LogP contribution in [0.5, 0.6) is 0 Å². The maximum atomic E-state index is 13.0. The summed E-state index contributed by atoms with van der Waals surface area (Å²) in [6.45, 7) is 4.43. The minimum Gasteiger partial charge on any atom is -0.480 e. The van der Waals surface area contributed by atoms with Gasteiger partial charge in [0.25, 0.3) is 0 Å². The van der Waals surface area contributed by atoms with E-state index in [0.29, 0.717) is 38.0 Å². The molecule has 0 radical (unpaired) electrons. The Kier molecular flexibility index (Phi) is 13.2. The highest BCUT2D eigenvalue weighted by Gasteiger charge is 2.31. The van der Waals surface area contributed by atoms with Crippen molar-refractivity contribution in [3.63, 3.8) is 0 Å². The lowest BCUT2D eigenvalue weighted by Gasteiger charge is -2.33. The molecule has 3 amide bonds. The van der Waals surface area contributed by atoms with Gasteiger partial charge in [-0.05, 0) is 42.8 Å². The summed E-state index contributed by atoms with van der Waals surface area (Å²) in [6, 6.07) is 8.18. The van der Waals surface area contributed by atoms with Crippen molar-refractivity contribution in [1.29, 1.82) is 0 Å². The van der Waals surface area contributed by atoms with Gasteiger partial charge in [0, 0.05) is 13.0 Å². The normalized spacial score (nSPS) is 17.8. The van der Waals surface area contributed by atoms with E-state index in [2.05, 4.69) is 29.8 Å². The van der Waals surface area contributed by atoms with Gasteiger partial charge in [-0.1, -0.05) is 62.8 Å². The van der Waals surface area contributed by atoms with E-state index in [-0.39, 0.29) is 24.3 Å². The number of hydrogen-bond acceptors (Lipinski definition) is 6. The van der Waals surface area contributed by atoms with Gasteiger partial charge in [0.05, 0.1) is 12.7 Å². The summed E-state index contributed by atoms with van der Waals surface area (Å²) in [4.78, 5) is 51.1. The fourth-order valence-electron chi connectivity index (χ4n) is 4.03. The van der Waals surface area contributed by atoms with Crippen LogP contribution in [-0.4, -0.2) is 77.0 Å². The number of benzene rings is 1. The van der Waals surface area contributed by atoms with E-state index >= 15 is 0 Å². The number of aliphatic carboxylic acids is 1. The van der Waals surface area contributed by atoms with Gasteiger partial charge >= 0.3 is 5.97 Å². The minimum absolute atomic E-state index is 0.0828. The fraction of sp³-hybridized carbons (Fsp3) is 0.556. The standard InChI is InChI=1S/C27H40N4O5S/c1-4-19(2)17-23(30-26(34)21-12-13-24(32)28-21)31(15-8-11-20-9-6-5-7-10-20)18-25(33)29-22(27(35)36)14-16-37-3/h5-11,19,21-23H,4,12-18H2,1-3H3,(H,28,32)(H,29,33)(H,30,34)(H,35,36)/t19-,21-,22-,23?/m0/s1. The number of amides is 3. The molecule has 1 aromatic carbocycles. The molecule has 1 saturated heterocycles. The van der Waals surface area contributed by atoms with Gasteiger partial charge in [-0.15, -0.1) is 0 Å². The first-order valence-electron chi connectivity index (χ1n) is 12.8. The molecule has 37 heavy (non-hydrogen) atoms. The van der Waals surface area contributed by atoms with E-state index in [1.54, 1.807) is 0 Å². The zero-order chi connectivity index (χ0) is 27.2. The smallest absolute Gasteiger partial charge is 0.326 e. The second kappa shape index (κ2) is 16.1. The predicted octanol–water partition coefficient (Wildman–Crippen LogP) is 2.48. The van der Waals surface area contributed by atoms with Crippen molar-refractivity contribution in [1.82, 2.24) is 20.9 Å². The number of carboxylic acids is 1. The number of thioether (sulfide) groups is 1. The molecule has 4 atom stereocenters. The molecule has 9 nitrogen and oxygen atoms in total. The van der Waals surface area contributed by atoms with Crippen LogP contribution in [0.15, 0.2) is 36.4 Å². The zero-order valence-corrected chi connectivity index (χ0v) is 22.8. The second-order valence-electron chi connectivity index (χ2n) is 9.41. The second-order valence-corrected chi connectivity index (χ2v) is 10.4. The molecule has 0 aromatic heterocycles. The summed E-state index contributed by atoms with van der Waals surface area (Å²) >= 11 is 1.52. The molecule has 0 saturated carbocycles. The van der Waals surface area contributed by atoms with Gasteiger partial charge in [0.2, 0.25) is 17.7 Å². The van der Waals surface area contributed by atoms with Crippen LogP contribution in [0, 0.1) is 5.92 Å². The molecule has 204 valence electrons. The molecule has 1 aromatic rings. The third-order valence-corrected chi connectivity index (χ3v) is 7.07. The first kappa shape index (κ1) is 30.4. The van der Waals surface area contributed by atoms with Crippen LogP contribution in [0.1, 0.15) is 51.5 Å². The van der Waals surface area contributed by atoms with Gasteiger partial charge in [-0.3, -0.25) is 19.3 Å². The Balaban J connectivity index is 2.22. The number of hydrogen-bond donors (Lipinski definition) is 4. The molecule has 0 aliphatic carbocycles. The third kappa shape index (κ3) is 11.0. The van der Waals surface area contributed by atoms with E-state index in [1.165, 1.54) is 11.8 Å². The quantitative estimate of drug-likeness (QED) is 0.241. The number of carboxylic acid groups (broad SMARTS) is 1. The molecular formula is C27H40N4O5S. The highest BCUT2D eigenvalue weighted by molar-refractivity contribution is 7.98. The predicted molar refractivity (Wildman–Crippen MR) is 147 cm³/mol. The van der Waals surface area contributed by atoms with Crippen molar-refractivity contribution >= 4 is 41.5 Å². The number of carbonyl (C=O) groups excluding carboxylic acids is 3. The number of nitrogens with zero attached hydrogens (tertiary/aromatic N) is 1. The summed E-state index contributed by atoms with van der Waals surface area (Å²) in [7, 11) is 0.